The Balaban J connectivity index is 2.41. The molecular weight excluding hydrogens is 294 g/mol. The van der Waals surface area contributed by atoms with E-state index in [2.05, 4.69) is 5.32 Å². The van der Waals surface area contributed by atoms with E-state index in [1.165, 1.54) is 0 Å². The van der Waals surface area contributed by atoms with E-state index in [0.717, 1.165) is 5.56 Å². The van der Waals surface area contributed by atoms with E-state index in [1.54, 1.807) is 19.1 Å². The van der Waals surface area contributed by atoms with Crippen molar-refractivity contribution in [3.63, 3.8) is 0 Å². The Morgan fingerprint density at radius 1 is 1.33 bits per heavy atom. The molecule has 1 aromatic carbocycles. The van der Waals surface area contributed by atoms with Gasteiger partial charge in [0, 0.05) is 22.3 Å². The molecule has 0 aliphatic rings. The number of benzene rings is 1. The van der Waals surface area contributed by atoms with Crippen LogP contribution in [0.4, 0.5) is 4.79 Å². The molecule has 1 amide bonds. The highest BCUT2D eigenvalue weighted by molar-refractivity contribution is 7.84. The third-order valence-corrected chi connectivity index (χ3v) is 4.09. The average Bonchev–Trinajstić information content (AvgIpc) is 2.49. The molecule has 0 spiro atoms. The monoisotopic (exact) mass is 313 g/mol. The van der Waals surface area contributed by atoms with Crippen LogP contribution in [0.2, 0.25) is 0 Å². The number of rotatable bonds is 8. The van der Waals surface area contributed by atoms with Gasteiger partial charge in [-0.2, -0.15) is 0 Å². The van der Waals surface area contributed by atoms with Crippen LogP contribution in [0, 0.1) is 0 Å². The summed E-state index contributed by atoms with van der Waals surface area (Å²) < 4.78 is 16.3. The summed E-state index contributed by atoms with van der Waals surface area (Å²) in [6.07, 6.45) is -0.690. The van der Waals surface area contributed by atoms with Crippen LogP contribution < -0.4 is 5.32 Å². The van der Waals surface area contributed by atoms with Crippen molar-refractivity contribution in [2.45, 2.75) is 26.0 Å². The van der Waals surface area contributed by atoms with Gasteiger partial charge in [0.05, 0.1) is 0 Å². The number of nitrogens with one attached hydrogen (secondary N) is 1. The quantitative estimate of drug-likeness (QED) is 0.759. The zero-order chi connectivity index (χ0) is 15.7. The summed E-state index contributed by atoms with van der Waals surface area (Å²) in [6, 6.07) is 7.98. The molecule has 116 valence electrons. The second-order valence-electron chi connectivity index (χ2n) is 4.32. The molecule has 0 aliphatic carbocycles. The summed E-state index contributed by atoms with van der Waals surface area (Å²) in [5.74, 6) is -0.475. The van der Waals surface area contributed by atoms with Crippen molar-refractivity contribution in [1.82, 2.24) is 5.32 Å². The fourth-order valence-electron chi connectivity index (χ4n) is 1.56. The van der Waals surface area contributed by atoms with Gasteiger partial charge in [0.15, 0.2) is 0 Å². The molecule has 1 rings (SSSR count). The molecule has 2 N–H and O–H groups in total. The highest BCUT2D eigenvalue weighted by Gasteiger charge is 2.21. The first kappa shape index (κ1) is 17.2. The van der Waals surface area contributed by atoms with Gasteiger partial charge in [-0.25, -0.2) is 9.59 Å². The van der Waals surface area contributed by atoms with E-state index < -0.39 is 28.9 Å². The molecule has 0 fully saturated rings. The molecule has 21 heavy (non-hydrogen) atoms. The molecular formula is C14H19NO5S. The standard InChI is InChI=1S/C14H19NO5S/c1-2-21(19)9-8-12(13(16)17)15-14(18)20-10-11-6-4-3-5-7-11/h3-7,12H,2,8-10H2,1H3,(H,15,18)(H,16,17)/t12-,21?/m0/s1. The van der Waals surface area contributed by atoms with E-state index >= 15 is 0 Å². The predicted octanol–water partition coefficient (Wildman–Crippen LogP) is 1.52. The van der Waals surface area contributed by atoms with Crippen molar-refractivity contribution in [3.05, 3.63) is 35.9 Å². The van der Waals surface area contributed by atoms with Crippen LogP contribution >= 0.6 is 0 Å². The topological polar surface area (TPSA) is 92.7 Å². The number of carboxylic acids is 1. The van der Waals surface area contributed by atoms with E-state index in [1.807, 2.05) is 18.2 Å². The molecule has 0 saturated carbocycles. The van der Waals surface area contributed by atoms with Gasteiger partial charge < -0.3 is 15.2 Å². The molecule has 6 nitrogen and oxygen atoms in total. The highest BCUT2D eigenvalue weighted by Crippen LogP contribution is 2.02. The first-order valence-corrected chi connectivity index (χ1v) is 8.06. The Kier molecular flexibility index (Phi) is 7.45. The third-order valence-electron chi connectivity index (χ3n) is 2.76. The van der Waals surface area contributed by atoms with E-state index in [0.29, 0.717) is 5.75 Å². The number of carboxylic acid groups (broad SMARTS) is 1. The molecule has 0 saturated heterocycles. The maximum Gasteiger partial charge on any atom is 0.408 e. The molecule has 7 heteroatoms. The predicted molar refractivity (Wildman–Crippen MR) is 79.4 cm³/mol. The van der Waals surface area contributed by atoms with Gasteiger partial charge in [0.1, 0.15) is 12.6 Å². The second kappa shape index (κ2) is 9.12. The van der Waals surface area contributed by atoms with Gasteiger partial charge >= 0.3 is 12.1 Å². The van der Waals surface area contributed by atoms with Gasteiger partial charge in [-0.05, 0) is 12.0 Å². The first-order valence-electron chi connectivity index (χ1n) is 6.58. The van der Waals surface area contributed by atoms with Crippen LogP contribution in [-0.4, -0.2) is 38.9 Å². The van der Waals surface area contributed by atoms with Crippen molar-refractivity contribution in [1.29, 1.82) is 0 Å². The molecule has 0 aliphatic heterocycles. The van der Waals surface area contributed by atoms with Crippen molar-refractivity contribution < 1.29 is 23.6 Å². The van der Waals surface area contributed by atoms with Gasteiger partial charge in [-0.3, -0.25) is 4.21 Å². The summed E-state index contributed by atoms with van der Waals surface area (Å²) in [5.41, 5.74) is 0.812. The number of hydrogen-bond acceptors (Lipinski definition) is 4. The van der Waals surface area contributed by atoms with Crippen molar-refractivity contribution in [2.24, 2.45) is 0 Å². The van der Waals surface area contributed by atoms with Crippen LogP contribution in [-0.2, 0) is 26.9 Å². The minimum atomic E-state index is -1.17. The lowest BCUT2D eigenvalue weighted by molar-refractivity contribution is -0.139. The lowest BCUT2D eigenvalue weighted by atomic mass is 10.2. The SMILES string of the molecule is CCS(=O)CC[C@H](NC(=O)OCc1ccccc1)C(=O)O. The molecule has 1 unspecified atom stereocenters. The molecule has 1 aromatic rings. The molecule has 0 heterocycles. The average molecular weight is 313 g/mol. The minimum Gasteiger partial charge on any atom is -0.480 e. The summed E-state index contributed by atoms with van der Waals surface area (Å²) >= 11 is 0. The maximum absolute atomic E-state index is 11.6. The van der Waals surface area contributed by atoms with Crippen LogP contribution in [0.1, 0.15) is 18.9 Å². The van der Waals surface area contributed by atoms with Crippen molar-refractivity contribution in [3.8, 4) is 0 Å². The van der Waals surface area contributed by atoms with Crippen LogP contribution in [0.3, 0.4) is 0 Å². The Morgan fingerprint density at radius 3 is 2.57 bits per heavy atom. The number of alkyl carbamates (subject to hydrolysis) is 1. The summed E-state index contributed by atoms with van der Waals surface area (Å²) in [4.78, 5) is 22.6. The normalized spacial score (nSPS) is 13.2. The number of amides is 1. The van der Waals surface area contributed by atoms with E-state index in [-0.39, 0.29) is 18.8 Å². The zero-order valence-corrected chi connectivity index (χ0v) is 12.6. The molecule has 0 bridgehead atoms. The van der Waals surface area contributed by atoms with E-state index in [9.17, 15) is 13.8 Å². The molecule has 0 radical (unpaired) electrons. The van der Waals surface area contributed by atoms with Crippen molar-refractivity contribution in [2.75, 3.05) is 11.5 Å². The fraction of sp³-hybridized carbons (Fsp3) is 0.429. The fourth-order valence-corrected chi connectivity index (χ4v) is 2.35. The van der Waals surface area contributed by atoms with Gasteiger partial charge in [-0.1, -0.05) is 37.3 Å². The number of carbonyl (C=O) groups excluding carboxylic acids is 1. The van der Waals surface area contributed by atoms with Gasteiger partial charge in [-0.15, -0.1) is 0 Å². The summed E-state index contributed by atoms with van der Waals surface area (Å²) in [6.45, 7) is 1.83. The third kappa shape index (κ3) is 6.89. The summed E-state index contributed by atoms with van der Waals surface area (Å²) in [5, 5.41) is 11.3. The van der Waals surface area contributed by atoms with Gasteiger partial charge in [0.2, 0.25) is 0 Å². The molecule has 0 aromatic heterocycles. The maximum atomic E-state index is 11.6. The minimum absolute atomic E-state index is 0.0693. The first-order chi connectivity index (χ1) is 10.0. The highest BCUT2D eigenvalue weighted by atomic mass is 32.2. The Labute approximate surface area is 126 Å². The zero-order valence-electron chi connectivity index (χ0n) is 11.8. The number of carbonyl (C=O) groups is 2. The van der Waals surface area contributed by atoms with Crippen LogP contribution in [0.25, 0.3) is 0 Å². The van der Waals surface area contributed by atoms with Crippen LogP contribution in [0.15, 0.2) is 30.3 Å². The largest absolute Gasteiger partial charge is 0.480 e. The molecule has 2 atom stereocenters. The smallest absolute Gasteiger partial charge is 0.408 e. The number of hydrogen-bond donors (Lipinski definition) is 2. The van der Waals surface area contributed by atoms with Crippen LogP contribution in [0.5, 0.6) is 0 Å². The Bertz CT molecular complexity index is 491. The Hall–Kier alpha value is -1.89. The number of ether oxygens (including phenoxy) is 1. The lowest BCUT2D eigenvalue weighted by Gasteiger charge is -2.14. The lowest BCUT2D eigenvalue weighted by Crippen LogP contribution is -2.41. The Morgan fingerprint density at radius 2 is 2.00 bits per heavy atom. The van der Waals surface area contributed by atoms with E-state index in [4.69, 9.17) is 9.84 Å². The number of aliphatic carboxylic acids is 1. The van der Waals surface area contributed by atoms with Crippen molar-refractivity contribution >= 4 is 22.9 Å². The second-order valence-corrected chi connectivity index (χ2v) is 6.18. The summed E-state index contributed by atoms with van der Waals surface area (Å²) in [7, 11) is -1.07. The van der Waals surface area contributed by atoms with Gasteiger partial charge in [0.25, 0.3) is 0 Å².